The molecule has 0 radical (unpaired) electrons. The van der Waals surface area contributed by atoms with Gasteiger partial charge in [0.1, 0.15) is 6.04 Å². The maximum absolute atomic E-state index is 11.5. The molecule has 2 unspecified atom stereocenters. The fourth-order valence-electron chi connectivity index (χ4n) is 2.13. The molecule has 1 saturated carbocycles. The minimum atomic E-state index is -2.89. The van der Waals surface area contributed by atoms with Crippen molar-refractivity contribution in [2.75, 3.05) is 18.6 Å². The first-order valence-electron chi connectivity index (χ1n) is 5.56. The lowest BCUT2D eigenvalue weighted by Crippen LogP contribution is -2.45. The average molecular weight is 247 g/mol. The summed E-state index contributed by atoms with van der Waals surface area (Å²) in [6.07, 6.45) is 2.64. The van der Waals surface area contributed by atoms with Crippen LogP contribution in [0.4, 0.5) is 0 Å². The molecular weight excluding hydrogens is 230 g/mol. The van der Waals surface area contributed by atoms with Crippen molar-refractivity contribution in [1.82, 2.24) is 5.32 Å². The Balaban J connectivity index is 1.94. The van der Waals surface area contributed by atoms with Crippen LogP contribution in [0.1, 0.15) is 19.3 Å². The Morgan fingerprint density at radius 2 is 2.06 bits per heavy atom. The Bertz CT molecular complexity index is 374. The Hall–Kier alpha value is -0.620. The number of esters is 1. The summed E-state index contributed by atoms with van der Waals surface area (Å²) in [6.45, 7) is 0. The highest BCUT2D eigenvalue weighted by Crippen LogP contribution is 2.33. The molecule has 1 N–H and O–H groups in total. The quantitative estimate of drug-likeness (QED) is 0.691. The first kappa shape index (κ1) is 11.9. The maximum Gasteiger partial charge on any atom is 0.323 e. The van der Waals surface area contributed by atoms with Gasteiger partial charge < -0.3 is 10.1 Å². The highest BCUT2D eigenvalue weighted by Gasteiger charge is 2.40. The van der Waals surface area contributed by atoms with E-state index in [1.54, 1.807) is 0 Å². The van der Waals surface area contributed by atoms with Crippen LogP contribution in [0.25, 0.3) is 0 Å². The van der Waals surface area contributed by atoms with Crippen LogP contribution in [-0.4, -0.2) is 45.1 Å². The minimum absolute atomic E-state index is 0.0882. The molecule has 2 atom stereocenters. The molecule has 1 saturated heterocycles. The Kier molecular flexibility index (Phi) is 3.21. The van der Waals surface area contributed by atoms with Crippen molar-refractivity contribution in [2.45, 2.75) is 31.3 Å². The lowest BCUT2D eigenvalue weighted by molar-refractivity contribution is -0.143. The topological polar surface area (TPSA) is 72.5 Å². The second-order valence-corrected chi connectivity index (χ2v) is 6.83. The molecule has 92 valence electrons. The summed E-state index contributed by atoms with van der Waals surface area (Å²) in [5.41, 5.74) is 0. The van der Waals surface area contributed by atoms with Gasteiger partial charge in [-0.1, -0.05) is 0 Å². The van der Waals surface area contributed by atoms with Gasteiger partial charge in [0.15, 0.2) is 9.84 Å². The van der Waals surface area contributed by atoms with Crippen LogP contribution in [0, 0.1) is 5.92 Å². The maximum atomic E-state index is 11.5. The summed E-state index contributed by atoms with van der Waals surface area (Å²) in [6, 6.07) is -0.405. The monoisotopic (exact) mass is 247 g/mol. The van der Waals surface area contributed by atoms with Crippen LogP contribution >= 0.6 is 0 Å². The molecule has 0 spiro atoms. The number of carbonyl (C=O) groups is 1. The van der Waals surface area contributed by atoms with E-state index in [0.717, 1.165) is 12.8 Å². The van der Waals surface area contributed by atoms with E-state index in [1.165, 1.54) is 7.11 Å². The standard InChI is InChI=1S/C10H17NO4S/c1-15-10(12)9(7-2-3-7)11-8-4-5-16(13,14)6-8/h7-9,11H,2-6H2,1H3. The Labute approximate surface area is 95.5 Å². The van der Waals surface area contributed by atoms with Crippen LogP contribution in [0.3, 0.4) is 0 Å². The minimum Gasteiger partial charge on any atom is -0.468 e. The second kappa shape index (κ2) is 4.33. The summed E-state index contributed by atoms with van der Waals surface area (Å²) in [4.78, 5) is 11.5. The van der Waals surface area contributed by atoms with E-state index in [2.05, 4.69) is 5.32 Å². The van der Waals surface area contributed by atoms with Crippen molar-refractivity contribution in [3.63, 3.8) is 0 Å². The molecule has 0 aromatic rings. The molecule has 0 aromatic heterocycles. The predicted octanol–water partition coefficient (Wildman–Crippen LogP) is -0.285. The third kappa shape index (κ3) is 2.74. The summed E-state index contributed by atoms with van der Waals surface area (Å²) in [5, 5.41) is 3.13. The Morgan fingerprint density at radius 3 is 2.50 bits per heavy atom. The number of carbonyl (C=O) groups excluding carboxylic acids is 1. The summed E-state index contributed by atoms with van der Waals surface area (Å²) in [7, 11) is -1.53. The number of methoxy groups -OCH3 is 1. The molecule has 6 heteroatoms. The highest BCUT2D eigenvalue weighted by atomic mass is 32.2. The lowest BCUT2D eigenvalue weighted by Gasteiger charge is -2.19. The van der Waals surface area contributed by atoms with Gasteiger partial charge in [-0.3, -0.25) is 4.79 Å². The number of hydrogen-bond donors (Lipinski definition) is 1. The normalized spacial score (nSPS) is 29.9. The van der Waals surface area contributed by atoms with Crippen molar-refractivity contribution < 1.29 is 17.9 Å². The van der Waals surface area contributed by atoms with E-state index in [0.29, 0.717) is 12.3 Å². The van der Waals surface area contributed by atoms with Crippen LogP contribution in [-0.2, 0) is 19.4 Å². The largest absolute Gasteiger partial charge is 0.468 e. The van der Waals surface area contributed by atoms with Crippen LogP contribution in [0.5, 0.6) is 0 Å². The van der Waals surface area contributed by atoms with E-state index in [4.69, 9.17) is 4.74 Å². The number of hydrogen-bond acceptors (Lipinski definition) is 5. The zero-order valence-electron chi connectivity index (χ0n) is 9.31. The molecule has 1 aliphatic carbocycles. The molecule has 0 aromatic carbocycles. The number of rotatable bonds is 4. The molecule has 2 fully saturated rings. The van der Waals surface area contributed by atoms with Crippen molar-refractivity contribution >= 4 is 15.8 Å². The molecule has 0 bridgehead atoms. The molecule has 0 amide bonds. The fraction of sp³-hybridized carbons (Fsp3) is 0.900. The summed E-state index contributed by atoms with van der Waals surface area (Å²) >= 11 is 0. The number of nitrogens with one attached hydrogen (secondary N) is 1. The van der Waals surface area contributed by atoms with Crippen LogP contribution in [0.15, 0.2) is 0 Å². The average Bonchev–Trinajstić information content (AvgIpc) is 3.00. The van der Waals surface area contributed by atoms with Gasteiger partial charge in [-0.05, 0) is 25.2 Å². The predicted molar refractivity (Wildman–Crippen MR) is 58.7 cm³/mol. The second-order valence-electron chi connectivity index (χ2n) is 4.60. The fourth-order valence-corrected chi connectivity index (χ4v) is 3.82. The third-order valence-corrected chi connectivity index (χ3v) is 4.96. The van der Waals surface area contributed by atoms with Crippen molar-refractivity contribution in [3.05, 3.63) is 0 Å². The van der Waals surface area contributed by atoms with Crippen molar-refractivity contribution in [2.24, 2.45) is 5.92 Å². The SMILES string of the molecule is COC(=O)C(NC1CCS(=O)(=O)C1)C1CC1. The molecule has 1 heterocycles. The molecule has 2 rings (SSSR count). The zero-order chi connectivity index (χ0) is 11.8. The molecule has 1 aliphatic heterocycles. The van der Waals surface area contributed by atoms with E-state index in [-0.39, 0.29) is 29.6 Å². The van der Waals surface area contributed by atoms with Gasteiger partial charge in [0.05, 0.1) is 18.6 Å². The van der Waals surface area contributed by atoms with Gasteiger partial charge in [-0.15, -0.1) is 0 Å². The van der Waals surface area contributed by atoms with E-state index >= 15 is 0 Å². The van der Waals surface area contributed by atoms with E-state index in [1.807, 2.05) is 0 Å². The summed E-state index contributed by atoms with van der Waals surface area (Å²) in [5.74, 6) is 0.429. The van der Waals surface area contributed by atoms with Crippen molar-refractivity contribution in [1.29, 1.82) is 0 Å². The van der Waals surface area contributed by atoms with Gasteiger partial charge in [0, 0.05) is 6.04 Å². The Morgan fingerprint density at radius 1 is 1.38 bits per heavy atom. The van der Waals surface area contributed by atoms with Crippen LogP contribution in [0.2, 0.25) is 0 Å². The van der Waals surface area contributed by atoms with Crippen molar-refractivity contribution in [3.8, 4) is 0 Å². The smallest absolute Gasteiger partial charge is 0.323 e. The number of ether oxygens (including phenoxy) is 1. The lowest BCUT2D eigenvalue weighted by atomic mass is 10.1. The van der Waals surface area contributed by atoms with Gasteiger partial charge in [0.25, 0.3) is 0 Å². The molecule has 16 heavy (non-hydrogen) atoms. The van der Waals surface area contributed by atoms with Crippen LogP contribution < -0.4 is 5.32 Å². The summed E-state index contributed by atoms with van der Waals surface area (Å²) < 4.78 is 27.3. The van der Waals surface area contributed by atoms with Gasteiger partial charge in [-0.2, -0.15) is 0 Å². The first-order chi connectivity index (χ1) is 7.52. The van der Waals surface area contributed by atoms with Gasteiger partial charge >= 0.3 is 5.97 Å². The van der Waals surface area contributed by atoms with Gasteiger partial charge in [0.2, 0.25) is 0 Å². The van der Waals surface area contributed by atoms with Gasteiger partial charge in [-0.25, -0.2) is 8.42 Å². The highest BCUT2D eigenvalue weighted by molar-refractivity contribution is 7.91. The third-order valence-electron chi connectivity index (χ3n) is 3.20. The molecule has 5 nitrogen and oxygen atoms in total. The molecule has 2 aliphatic rings. The zero-order valence-corrected chi connectivity index (χ0v) is 10.1. The van der Waals surface area contributed by atoms with E-state index in [9.17, 15) is 13.2 Å². The van der Waals surface area contributed by atoms with E-state index < -0.39 is 9.84 Å². The number of sulfone groups is 1. The molecular formula is C10H17NO4S. The first-order valence-corrected chi connectivity index (χ1v) is 7.38.